The van der Waals surface area contributed by atoms with Crippen LogP contribution in [0.3, 0.4) is 0 Å². The van der Waals surface area contributed by atoms with Gasteiger partial charge in [0.05, 0.1) is 0 Å². The first kappa shape index (κ1) is 13.3. The van der Waals surface area contributed by atoms with Crippen LogP contribution < -0.4 is 5.46 Å². The quantitative estimate of drug-likeness (QED) is 0.625. The van der Waals surface area contributed by atoms with E-state index in [1.807, 2.05) is 26.0 Å². The molecule has 1 atom stereocenters. The zero-order valence-corrected chi connectivity index (χ0v) is 10.0. The summed E-state index contributed by atoms with van der Waals surface area (Å²) >= 11 is 0. The highest BCUT2D eigenvalue weighted by atomic mass is 14.1. The lowest BCUT2D eigenvalue weighted by Crippen LogP contribution is -2.05. The predicted molar refractivity (Wildman–Crippen MR) is 66.4 cm³/mol. The van der Waals surface area contributed by atoms with Gasteiger partial charge in [-0.15, -0.1) is 0 Å². The molecule has 0 unspecified atom stereocenters. The van der Waals surface area contributed by atoms with Gasteiger partial charge in [-0.3, -0.25) is 0 Å². The van der Waals surface area contributed by atoms with Crippen LogP contribution in [0, 0.1) is 5.92 Å². The molecule has 0 fully saturated rings. The highest BCUT2D eigenvalue weighted by Crippen LogP contribution is 2.22. The van der Waals surface area contributed by atoms with Crippen LogP contribution in [0.1, 0.15) is 46.1 Å². The molecule has 0 saturated carbocycles. The highest BCUT2D eigenvalue weighted by Gasteiger charge is 2.08. The van der Waals surface area contributed by atoms with Crippen molar-refractivity contribution in [3.05, 3.63) is 29.8 Å². The van der Waals surface area contributed by atoms with Gasteiger partial charge >= 0.3 is 0 Å². The van der Waals surface area contributed by atoms with Gasteiger partial charge < -0.3 is 0 Å². The van der Waals surface area contributed by atoms with Crippen LogP contribution in [0.15, 0.2) is 24.3 Å². The van der Waals surface area contributed by atoms with E-state index in [0.717, 1.165) is 5.46 Å². The Hall–Kier alpha value is -0.715. The Bertz CT molecular complexity index is 236. The lowest BCUT2D eigenvalue weighted by molar-refractivity contribution is 0.535. The van der Waals surface area contributed by atoms with Crippen molar-refractivity contribution in [2.45, 2.75) is 40.5 Å². The van der Waals surface area contributed by atoms with Crippen LogP contribution in [0.5, 0.6) is 0 Å². The molecule has 0 heterocycles. The van der Waals surface area contributed by atoms with E-state index < -0.39 is 0 Å². The minimum Gasteiger partial charge on any atom is -0.0967 e. The van der Waals surface area contributed by atoms with Gasteiger partial charge in [0.2, 0.25) is 0 Å². The van der Waals surface area contributed by atoms with Gasteiger partial charge in [0.15, 0.2) is 0 Å². The van der Waals surface area contributed by atoms with Crippen molar-refractivity contribution in [3.8, 4) is 0 Å². The van der Waals surface area contributed by atoms with E-state index in [9.17, 15) is 0 Å². The summed E-state index contributed by atoms with van der Waals surface area (Å²) in [4.78, 5) is 0. The Morgan fingerprint density at radius 3 is 1.71 bits per heavy atom. The van der Waals surface area contributed by atoms with Crippen LogP contribution in [0.25, 0.3) is 0 Å². The fourth-order valence-electron chi connectivity index (χ4n) is 1.18. The zero-order chi connectivity index (χ0) is 11.1. The van der Waals surface area contributed by atoms with Crippen molar-refractivity contribution >= 4 is 13.3 Å². The Morgan fingerprint density at radius 2 is 1.36 bits per heavy atom. The molecule has 0 aliphatic rings. The maximum absolute atomic E-state index is 5.60. The summed E-state index contributed by atoms with van der Waals surface area (Å²) in [7, 11) is 5.60. The number of hydrogen-bond donors (Lipinski definition) is 0. The van der Waals surface area contributed by atoms with Crippen molar-refractivity contribution in [3.63, 3.8) is 0 Å². The summed E-state index contributed by atoms with van der Waals surface area (Å²) in [6.45, 7) is 10.7. The fourth-order valence-corrected chi connectivity index (χ4v) is 1.18. The number of rotatable bonds is 2. The minimum atomic E-state index is 0.616. The summed E-state index contributed by atoms with van der Waals surface area (Å²) < 4.78 is 0. The molecule has 1 rings (SSSR count). The first-order chi connectivity index (χ1) is 6.61. The van der Waals surface area contributed by atoms with Crippen LogP contribution >= 0.6 is 0 Å². The SMILES string of the molecule is CC.[B]c1ccc([C@@H](C)C(C)C)cc1. The highest BCUT2D eigenvalue weighted by molar-refractivity contribution is 6.32. The van der Waals surface area contributed by atoms with Gasteiger partial charge in [-0.2, -0.15) is 0 Å². The molecule has 1 heteroatoms. The van der Waals surface area contributed by atoms with Crippen LogP contribution in [-0.2, 0) is 0 Å². The molecule has 0 aromatic heterocycles. The van der Waals surface area contributed by atoms with Gasteiger partial charge in [0.25, 0.3) is 0 Å². The molecule has 1 aromatic rings. The first-order valence-electron chi connectivity index (χ1n) is 5.46. The third-order valence-corrected chi connectivity index (χ3v) is 2.46. The third-order valence-electron chi connectivity index (χ3n) is 2.46. The molecule has 14 heavy (non-hydrogen) atoms. The van der Waals surface area contributed by atoms with Gasteiger partial charge in [0.1, 0.15) is 7.85 Å². The predicted octanol–water partition coefficient (Wildman–Crippen LogP) is 3.27. The van der Waals surface area contributed by atoms with Crippen molar-refractivity contribution < 1.29 is 0 Å². The van der Waals surface area contributed by atoms with Crippen LogP contribution in [-0.4, -0.2) is 7.85 Å². The summed E-state index contributed by atoms with van der Waals surface area (Å²) in [5, 5.41) is 0. The molecular formula is C13H21B. The van der Waals surface area contributed by atoms with E-state index in [2.05, 4.69) is 32.9 Å². The molecule has 0 spiro atoms. The second-order valence-electron chi connectivity index (χ2n) is 3.70. The fraction of sp³-hybridized carbons (Fsp3) is 0.538. The minimum absolute atomic E-state index is 0.616. The van der Waals surface area contributed by atoms with E-state index in [0.29, 0.717) is 11.8 Å². The van der Waals surface area contributed by atoms with E-state index in [4.69, 9.17) is 7.85 Å². The molecule has 0 amide bonds. The van der Waals surface area contributed by atoms with Crippen LogP contribution in [0.2, 0.25) is 0 Å². The van der Waals surface area contributed by atoms with Gasteiger partial charge in [-0.1, -0.05) is 64.3 Å². The zero-order valence-electron chi connectivity index (χ0n) is 10.0. The summed E-state index contributed by atoms with van der Waals surface area (Å²) in [6, 6.07) is 8.16. The summed E-state index contributed by atoms with van der Waals surface area (Å²) in [5.41, 5.74) is 2.22. The molecule has 1 aromatic carbocycles. The average Bonchev–Trinajstić information content (AvgIpc) is 2.21. The molecule has 2 radical (unpaired) electrons. The number of hydrogen-bond acceptors (Lipinski definition) is 0. The largest absolute Gasteiger partial charge is 0.113 e. The first-order valence-corrected chi connectivity index (χ1v) is 5.46. The maximum Gasteiger partial charge on any atom is 0.113 e. The average molecular weight is 188 g/mol. The molecule has 76 valence electrons. The molecule has 0 saturated heterocycles. The Morgan fingerprint density at radius 1 is 0.929 bits per heavy atom. The topological polar surface area (TPSA) is 0 Å². The Labute approximate surface area is 90.1 Å². The standard InChI is InChI=1S/C11H15B.C2H6/c1-8(2)9(3)10-4-6-11(12)7-5-10;1-2/h4-9H,1-3H3;1-2H3/t9-;/m0./s1. The van der Waals surface area contributed by atoms with Gasteiger partial charge in [0, 0.05) is 0 Å². The second kappa shape index (κ2) is 6.70. The smallest absolute Gasteiger partial charge is 0.0967 e. The van der Waals surface area contributed by atoms with E-state index >= 15 is 0 Å². The second-order valence-corrected chi connectivity index (χ2v) is 3.70. The van der Waals surface area contributed by atoms with Crippen molar-refractivity contribution in [1.82, 2.24) is 0 Å². The van der Waals surface area contributed by atoms with Crippen LogP contribution in [0.4, 0.5) is 0 Å². The lowest BCUT2D eigenvalue weighted by Gasteiger charge is -2.15. The van der Waals surface area contributed by atoms with Gasteiger partial charge in [-0.25, -0.2) is 0 Å². The van der Waals surface area contributed by atoms with E-state index in [1.165, 1.54) is 5.56 Å². The van der Waals surface area contributed by atoms with Crippen molar-refractivity contribution in [1.29, 1.82) is 0 Å². The maximum atomic E-state index is 5.60. The van der Waals surface area contributed by atoms with Crippen molar-refractivity contribution in [2.24, 2.45) is 5.92 Å². The molecule has 0 N–H and O–H groups in total. The third kappa shape index (κ3) is 4.00. The summed E-state index contributed by atoms with van der Waals surface area (Å²) in [5.74, 6) is 1.30. The Kier molecular flexibility index (Phi) is 6.35. The summed E-state index contributed by atoms with van der Waals surface area (Å²) in [6.07, 6.45) is 0. The normalized spacial score (nSPS) is 11.9. The molecule has 0 aliphatic heterocycles. The van der Waals surface area contributed by atoms with Crippen molar-refractivity contribution in [2.75, 3.05) is 0 Å². The molecule has 0 aliphatic carbocycles. The molecule has 0 nitrogen and oxygen atoms in total. The monoisotopic (exact) mass is 188 g/mol. The molecule has 0 bridgehead atoms. The molecular weight excluding hydrogens is 167 g/mol. The van der Waals surface area contributed by atoms with E-state index in [1.54, 1.807) is 0 Å². The lowest BCUT2D eigenvalue weighted by atomic mass is 9.87. The van der Waals surface area contributed by atoms with Gasteiger partial charge in [-0.05, 0) is 17.4 Å². The Balaban J connectivity index is 0.000000791. The number of benzene rings is 1. The van der Waals surface area contributed by atoms with E-state index in [-0.39, 0.29) is 0 Å².